The Morgan fingerprint density at radius 2 is 1.67 bits per heavy atom. The molecule has 1 aromatic carbocycles. The summed E-state index contributed by atoms with van der Waals surface area (Å²) in [6.07, 6.45) is 0.989. The Morgan fingerprint density at radius 1 is 1.08 bits per heavy atom. The van der Waals surface area contributed by atoms with Crippen molar-refractivity contribution in [3.8, 4) is 0 Å². The molecular weight excluding hydrogens is 338 g/mol. The quantitative estimate of drug-likeness (QED) is 0.580. The van der Waals surface area contributed by atoms with Crippen LogP contribution >= 0.6 is 0 Å². The minimum Gasteiger partial charge on any atom is -0.323 e. The average molecular weight is 353 g/mol. The third kappa shape index (κ3) is 3.27. The van der Waals surface area contributed by atoms with Crippen LogP contribution in [0.5, 0.6) is 0 Å². The van der Waals surface area contributed by atoms with Gasteiger partial charge >= 0.3 is 17.8 Å². The van der Waals surface area contributed by atoms with Crippen molar-refractivity contribution in [2.45, 2.75) is 11.8 Å². The lowest BCUT2D eigenvalue weighted by atomic mass is 10.3. The van der Waals surface area contributed by atoms with E-state index >= 15 is 0 Å². The number of sulfone groups is 1. The highest BCUT2D eigenvalue weighted by atomic mass is 32.2. The lowest BCUT2D eigenvalue weighted by molar-refractivity contribution is -0.143. The van der Waals surface area contributed by atoms with Gasteiger partial charge in [-0.15, -0.1) is 0 Å². The zero-order valence-electron chi connectivity index (χ0n) is 13.0. The number of carbonyl (C=O) groups excluding carboxylic acids is 4. The Hall–Kier alpha value is -2.75. The summed E-state index contributed by atoms with van der Waals surface area (Å²) in [4.78, 5) is 48.4. The number of para-hydroxylation sites is 1. The fourth-order valence-electron chi connectivity index (χ4n) is 2.20. The Balaban J connectivity index is 2.17. The Kier molecular flexibility index (Phi) is 4.69. The Bertz CT molecular complexity index is 833. The van der Waals surface area contributed by atoms with Gasteiger partial charge in [-0.1, -0.05) is 12.1 Å². The Morgan fingerprint density at radius 3 is 2.21 bits per heavy atom. The number of benzene rings is 1. The molecule has 0 bridgehead atoms. The molecule has 10 heteroatoms. The van der Waals surface area contributed by atoms with Gasteiger partial charge in [0, 0.05) is 12.8 Å². The summed E-state index contributed by atoms with van der Waals surface area (Å²) < 4.78 is 23.4. The van der Waals surface area contributed by atoms with Crippen LogP contribution in [0.1, 0.15) is 6.92 Å². The first-order valence-electron chi connectivity index (χ1n) is 6.93. The zero-order valence-corrected chi connectivity index (χ0v) is 13.8. The molecule has 1 heterocycles. The van der Waals surface area contributed by atoms with Gasteiger partial charge in [-0.25, -0.2) is 18.1 Å². The second-order valence-corrected chi connectivity index (χ2v) is 7.02. The first kappa shape index (κ1) is 17.6. The van der Waals surface area contributed by atoms with Crippen molar-refractivity contribution in [1.29, 1.82) is 0 Å². The number of urea groups is 1. The molecule has 1 saturated heterocycles. The predicted molar refractivity (Wildman–Crippen MR) is 82.7 cm³/mol. The van der Waals surface area contributed by atoms with Gasteiger partial charge in [0.15, 0.2) is 9.84 Å². The van der Waals surface area contributed by atoms with E-state index in [2.05, 4.69) is 5.32 Å². The van der Waals surface area contributed by atoms with E-state index in [1.165, 1.54) is 31.2 Å². The van der Waals surface area contributed by atoms with Crippen LogP contribution in [0.2, 0.25) is 0 Å². The number of likely N-dealkylation sites (N-methyl/N-ethyl adjacent to an activating group) is 1. The van der Waals surface area contributed by atoms with E-state index in [0.717, 1.165) is 11.2 Å². The second kappa shape index (κ2) is 6.40. The maximum Gasteiger partial charge on any atom is 0.334 e. The number of anilines is 1. The van der Waals surface area contributed by atoms with Gasteiger partial charge in [0.2, 0.25) is 5.91 Å². The number of hydrogen-bond acceptors (Lipinski definition) is 6. The van der Waals surface area contributed by atoms with Gasteiger partial charge in [-0.3, -0.25) is 19.3 Å². The van der Waals surface area contributed by atoms with Gasteiger partial charge in [-0.2, -0.15) is 0 Å². The van der Waals surface area contributed by atoms with Gasteiger partial charge < -0.3 is 5.32 Å². The number of carbonyl (C=O) groups is 4. The number of imide groups is 2. The molecular formula is C14H15N3O6S. The number of rotatable bonds is 5. The molecule has 1 aliphatic rings. The summed E-state index contributed by atoms with van der Waals surface area (Å²) in [5, 5.41) is 2.34. The van der Waals surface area contributed by atoms with Crippen molar-refractivity contribution in [1.82, 2.24) is 9.80 Å². The van der Waals surface area contributed by atoms with Crippen molar-refractivity contribution < 1.29 is 27.6 Å². The van der Waals surface area contributed by atoms with E-state index in [4.69, 9.17) is 0 Å². The summed E-state index contributed by atoms with van der Waals surface area (Å²) in [6.45, 7) is 0.853. The molecule has 128 valence electrons. The van der Waals surface area contributed by atoms with Gasteiger partial charge in [0.1, 0.15) is 6.54 Å². The lowest BCUT2D eigenvalue weighted by Gasteiger charge is -2.15. The van der Waals surface area contributed by atoms with E-state index in [0.29, 0.717) is 4.90 Å². The van der Waals surface area contributed by atoms with Crippen LogP contribution in [0, 0.1) is 0 Å². The van der Waals surface area contributed by atoms with Crippen LogP contribution in [0.4, 0.5) is 10.5 Å². The van der Waals surface area contributed by atoms with Crippen molar-refractivity contribution in [2.75, 3.05) is 24.7 Å². The summed E-state index contributed by atoms with van der Waals surface area (Å²) in [7, 11) is -3.57. The molecule has 1 aromatic rings. The molecule has 0 atom stereocenters. The lowest BCUT2D eigenvalue weighted by Crippen LogP contribution is -2.39. The largest absolute Gasteiger partial charge is 0.334 e. The van der Waals surface area contributed by atoms with Gasteiger partial charge in [0.25, 0.3) is 0 Å². The van der Waals surface area contributed by atoms with Crippen LogP contribution in [0.15, 0.2) is 29.2 Å². The molecule has 5 amide bonds. The normalized spacial score (nSPS) is 15.2. The van der Waals surface area contributed by atoms with E-state index in [9.17, 15) is 27.6 Å². The SMILES string of the molecule is CCN1C(=O)C(=O)N(CC(=O)Nc2ccccc2S(C)(=O)=O)C1=O. The Labute approximate surface area is 138 Å². The first-order valence-corrected chi connectivity index (χ1v) is 8.82. The van der Waals surface area contributed by atoms with Crippen molar-refractivity contribution in [3.63, 3.8) is 0 Å². The third-order valence-electron chi connectivity index (χ3n) is 3.31. The monoisotopic (exact) mass is 353 g/mol. The predicted octanol–water partition coefficient (Wildman–Crippen LogP) is -0.161. The molecule has 0 saturated carbocycles. The molecule has 0 spiro atoms. The fourth-order valence-corrected chi connectivity index (χ4v) is 3.04. The first-order chi connectivity index (χ1) is 11.2. The van der Waals surface area contributed by atoms with E-state index in [1.54, 1.807) is 0 Å². The van der Waals surface area contributed by atoms with E-state index < -0.39 is 40.1 Å². The summed E-state index contributed by atoms with van der Waals surface area (Å²) in [6, 6.07) is 4.85. The molecule has 1 fully saturated rings. The smallest absolute Gasteiger partial charge is 0.323 e. The minimum atomic E-state index is -3.57. The maximum atomic E-state index is 12.1. The summed E-state index contributed by atoms with van der Waals surface area (Å²) >= 11 is 0. The van der Waals surface area contributed by atoms with Gasteiger partial charge in [0.05, 0.1) is 10.6 Å². The molecule has 2 rings (SSSR count). The molecule has 1 aliphatic heterocycles. The van der Waals surface area contributed by atoms with Crippen molar-refractivity contribution >= 4 is 39.3 Å². The maximum absolute atomic E-state index is 12.1. The molecule has 0 aliphatic carbocycles. The molecule has 0 aromatic heterocycles. The average Bonchev–Trinajstić information content (AvgIpc) is 2.70. The number of amides is 5. The highest BCUT2D eigenvalue weighted by Crippen LogP contribution is 2.20. The molecule has 0 radical (unpaired) electrons. The van der Waals surface area contributed by atoms with Crippen LogP contribution in [0.25, 0.3) is 0 Å². The van der Waals surface area contributed by atoms with Crippen LogP contribution < -0.4 is 5.32 Å². The van der Waals surface area contributed by atoms with E-state index in [1.807, 2.05) is 0 Å². The number of hydrogen-bond donors (Lipinski definition) is 1. The standard InChI is InChI=1S/C14H15N3O6S/c1-3-16-12(19)13(20)17(14(16)21)8-11(18)15-9-6-4-5-7-10(9)24(2,22)23/h4-7H,3,8H2,1-2H3,(H,15,18). The van der Waals surface area contributed by atoms with Crippen LogP contribution in [-0.2, 0) is 24.2 Å². The van der Waals surface area contributed by atoms with Crippen molar-refractivity contribution in [2.24, 2.45) is 0 Å². The molecule has 0 unspecified atom stereocenters. The highest BCUT2D eigenvalue weighted by molar-refractivity contribution is 7.90. The number of nitrogens with one attached hydrogen (secondary N) is 1. The highest BCUT2D eigenvalue weighted by Gasteiger charge is 2.44. The van der Waals surface area contributed by atoms with Gasteiger partial charge in [-0.05, 0) is 19.1 Å². The minimum absolute atomic E-state index is 0.0123. The van der Waals surface area contributed by atoms with E-state index in [-0.39, 0.29) is 17.1 Å². The van der Waals surface area contributed by atoms with Crippen molar-refractivity contribution in [3.05, 3.63) is 24.3 Å². The second-order valence-electron chi connectivity index (χ2n) is 5.04. The summed E-state index contributed by atoms with van der Waals surface area (Å²) in [5.74, 6) is -2.88. The fraction of sp³-hybridized carbons (Fsp3) is 0.286. The number of nitrogens with zero attached hydrogens (tertiary/aromatic N) is 2. The zero-order chi connectivity index (χ0) is 18.1. The topological polar surface area (TPSA) is 121 Å². The molecule has 1 N–H and O–H groups in total. The third-order valence-corrected chi connectivity index (χ3v) is 4.47. The summed E-state index contributed by atoms with van der Waals surface area (Å²) in [5.41, 5.74) is 0.0303. The molecule has 9 nitrogen and oxygen atoms in total. The van der Waals surface area contributed by atoms with Crippen LogP contribution in [0.3, 0.4) is 0 Å². The van der Waals surface area contributed by atoms with Crippen LogP contribution in [-0.4, -0.2) is 61.3 Å². The molecule has 24 heavy (non-hydrogen) atoms.